The van der Waals surface area contributed by atoms with E-state index in [-0.39, 0.29) is 0 Å². The minimum atomic E-state index is -0.629. The van der Waals surface area contributed by atoms with Gasteiger partial charge in [-0.25, -0.2) is 0 Å². The average molecular weight is 360 g/mol. The van der Waals surface area contributed by atoms with Crippen LogP contribution in [0.4, 0.5) is 5.69 Å². The summed E-state index contributed by atoms with van der Waals surface area (Å²) in [7, 11) is 0. The van der Waals surface area contributed by atoms with Crippen molar-refractivity contribution >= 4 is 17.4 Å². The summed E-state index contributed by atoms with van der Waals surface area (Å²) in [6.45, 7) is 6.80. The smallest absolute Gasteiger partial charge is 0.298 e. The first-order valence-electron chi connectivity index (χ1n) is 9.10. The summed E-state index contributed by atoms with van der Waals surface area (Å²) in [6, 6.07) is 19.2. The Hall–Kier alpha value is -3.14. The molecule has 1 amide bonds. The van der Waals surface area contributed by atoms with Crippen LogP contribution in [0.1, 0.15) is 46.9 Å². The molecule has 0 aliphatic rings. The second-order valence-corrected chi connectivity index (χ2v) is 7.07. The molecule has 0 spiro atoms. The number of hydrogen-bond acceptors (Lipinski definition) is 2. The number of aryl methyl sites for hydroxylation is 1. The predicted molar refractivity (Wildman–Crippen MR) is 108 cm³/mol. The number of anilines is 1. The zero-order valence-electron chi connectivity index (χ0n) is 15.9. The Morgan fingerprint density at radius 1 is 0.963 bits per heavy atom. The maximum absolute atomic E-state index is 12.6. The molecule has 27 heavy (non-hydrogen) atoms. The van der Waals surface area contributed by atoms with Gasteiger partial charge in [0, 0.05) is 18.4 Å². The maximum atomic E-state index is 12.6. The van der Waals surface area contributed by atoms with Crippen molar-refractivity contribution < 1.29 is 9.59 Å². The Morgan fingerprint density at radius 2 is 1.63 bits per heavy atom. The van der Waals surface area contributed by atoms with Crippen LogP contribution in [-0.2, 0) is 11.3 Å². The third-order valence-corrected chi connectivity index (χ3v) is 4.58. The molecule has 1 heterocycles. The van der Waals surface area contributed by atoms with Crippen LogP contribution in [0.25, 0.3) is 0 Å². The molecule has 0 radical (unpaired) electrons. The summed E-state index contributed by atoms with van der Waals surface area (Å²) < 4.78 is 1.80. The van der Waals surface area contributed by atoms with Crippen LogP contribution in [0, 0.1) is 6.92 Å². The van der Waals surface area contributed by atoms with Gasteiger partial charge in [0.2, 0.25) is 0 Å². The van der Waals surface area contributed by atoms with Crippen LogP contribution >= 0.6 is 0 Å². The highest BCUT2D eigenvalue weighted by Crippen LogP contribution is 2.17. The van der Waals surface area contributed by atoms with Crippen molar-refractivity contribution in [3.8, 4) is 0 Å². The van der Waals surface area contributed by atoms with E-state index in [1.165, 1.54) is 11.1 Å². The highest BCUT2D eigenvalue weighted by molar-refractivity contribution is 6.46. The molecule has 3 rings (SSSR count). The molecule has 2 aromatic carbocycles. The molecule has 3 aromatic rings. The minimum Gasteiger partial charge on any atom is -0.340 e. The van der Waals surface area contributed by atoms with E-state index in [1.54, 1.807) is 16.7 Å². The summed E-state index contributed by atoms with van der Waals surface area (Å²) in [5.74, 6) is -0.752. The van der Waals surface area contributed by atoms with Gasteiger partial charge in [-0.3, -0.25) is 9.59 Å². The monoisotopic (exact) mass is 360 g/mol. The minimum absolute atomic E-state index is 0.381. The number of carbonyl (C=O) groups is 2. The first-order chi connectivity index (χ1) is 12.9. The lowest BCUT2D eigenvalue weighted by molar-refractivity contribution is -0.112. The fourth-order valence-corrected chi connectivity index (χ4v) is 2.90. The van der Waals surface area contributed by atoms with Gasteiger partial charge >= 0.3 is 0 Å². The van der Waals surface area contributed by atoms with E-state index in [0.717, 1.165) is 5.56 Å². The van der Waals surface area contributed by atoms with E-state index in [9.17, 15) is 9.59 Å². The molecule has 0 saturated heterocycles. The average Bonchev–Trinajstić information content (AvgIpc) is 3.11. The van der Waals surface area contributed by atoms with Crippen molar-refractivity contribution in [2.75, 3.05) is 5.32 Å². The van der Waals surface area contributed by atoms with Gasteiger partial charge < -0.3 is 9.88 Å². The first kappa shape index (κ1) is 18.6. The number of ketones is 1. The Morgan fingerprint density at radius 3 is 2.26 bits per heavy atom. The highest BCUT2D eigenvalue weighted by Gasteiger charge is 2.20. The number of hydrogen-bond donors (Lipinski definition) is 1. The topological polar surface area (TPSA) is 51.1 Å². The number of nitrogens with one attached hydrogen (secondary N) is 1. The lowest BCUT2D eigenvalue weighted by Crippen LogP contribution is -2.25. The van der Waals surface area contributed by atoms with Crippen molar-refractivity contribution in [3.05, 3.63) is 89.2 Å². The molecule has 0 bridgehead atoms. The molecule has 0 unspecified atom stereocenters. The van der Waals surface area contributed by atoms with Gasteiger partial charge in [-0.05, 0) is 48.2 Å². The number of aromatic nitrogens is 1. The second-order valence-electron chi connectivity index (χ2n) is 7.07. The van der Waals surface area contributed by atoms with Crippen molar-refractivity contribution in [2.45, 2.75) is 33.2 Å². The molecule has 0 atom stereocenters. The number of Topliss-reactive ketones (excluding diaryl/α,β-unsaturated/α-hetero) is 1. The van der Waals surface area contributed by atoms with Gasteiger partial charge in [0.15, 0.2) is 0 Å². The number of amides is 1. The Balaban J connectivity index is 1.71. The van der Waals surface area contributed by atoms with Crippen molar-refractivity contribution in [3.63, 3.8) is 0 Å². The molecule has 0 fully saturated rings. The largest absolute Gasteiger partial charge is 0.340 e. The van der Waals surface area contributed by atoms with Crippen LogP contribution in [0.3, 0.4) is 0 Å². The molecule has 1 N–H and O–H groups in total. The summed E-state index contributed by atoms with van der Waals surface area (Å²) in [5.41, 5.74) is 4.45. The van der Waals surface area contributed by atoms with E-state index in [0.29, 0.717) is 23.8 Å². The van der Waals surface area contributed by atoms with Gasteiger partial charge in [0.05, 0.1) is 5.69 Å². The van der Waals surface area contributed by atoms with Gasteiger partial charge in [-0.1, -0.05) is 55.8 Å². The summed E-state index contributed by atoms with van der Waals surface area (Å²) >= 11 is 0. The number of rotatable bonds is 6. The van der Waals surface area contributed by atoms with Crippen LogP contribution in [-0.4, -0.2) is 16.3 Å². The predicted octanol–water partition coefficient (Wildman–Crippen LogP) is 4.79. The van der Waals surface area contributed by atoms with Crippen molar-refractivity contribution in [1.82, 2.24) is 4.57 Å². The zero-order valence-corrected chi connectivity index (χ0v) is 15.9. The van der Waals surface area contributed by atoms with E-state index >= 15 is 0 Å². The lowest BCUT2D eigenvalue weighted by Gasteiger charge is -2.10. The van der Waals surface area contributed by atoms with Gasteiger partial charge in [-0.15, -0.1) is 0 Å². The van der Waals surface area contributed by atoms with Crippen LogP contribution < -0.4 is 5.32 Å². The van der Waals surface area contributed by atoms with Crippen molar-refractivity contribution in [2.24, 2.45) is 0 Å². The summed E-state index contributed by atoms with van der Waals surface area (Å²) in [5, 5.41) is 2.69. The highest BCUT2D eigenvalue weighted by atomic mass is 16.2. The fraction of sp³-hybridized carbons (Fsp3) is 0.217. The van der Waals surface area contributed by atoms with E-state index in [1.807, 2.05) is 61.7 Å². The molecule has 1 aromatic heterocycles. The van der Waals surface area contributed by atoms with Crippen LogP contribution in [0.15, 0.2) is 66.9 Å². The summed E-state index contributed by atoms with van der Waals surface area (Å²) in [4.78, 5) is 25.0. The Labute approximate surface area is 159 Å². The molecule has 4 heteroatoms. The quantitative estimate of drug-likeness (QED) is 0.507. The summed E-state index contributed by atoms with van der Waals surface area (Å²) in [6.07, 6.45) is 1.82. The van der Waals surface area contributed by atoms with Gasteiger partial charge in [0.25, 0.3) is 11.7 Å². The Kier molecular flexibility index (Phi) is 5.55. The maximum Gasteiger partial charge on any atom is 0.298 e. The number of nitrogens with zero attached hydrogens (tertiary/aromatic N) is 1. The molecular weight excluding hydrogens is 336 g/mol. The molecule has 0 aliphatic heterocycles. The number of benzene rings is 2. The van der Waals surface area contributed by atoms with E-state index in [4.69, 9.17) is 0 Å². The van der Waals surface area contributed by atoms with Gasteiger partial charge in [-0.2, -0.15) is 0 Å². The van der Waals surface area contributed by atoms with Crippen LogP contribution in [0.2, 0.25) is 0 Å². The number of carbonyl (C=O) groups excluding carboxylic acids is 2. The fourth-order valence-electron chi connectivity index (χ4n) is 2.90. The SMILES string of the molecule is Cc1ccc(Cn2cccc2C(=O)C(=O)Nc2ccc(C(C)C)cc2)cc1. The van der Waals surface area contributed by atoms with Crippen molar-refractivity contribution in [1.29, 1.82) is 0 Å². The lowest BCUT2D eigenvalue weighted by atomic mass is 10.0. The van der Waals surface area contributed by atoms with Crippen LogP contribution in [0.5, 0.6) is 0 Å². The zero-order chi connectivity index (χ0) is 19.4. The van der Waals surface area contributed by atoms with Gasteiger partial charge in [0.1, 0.15) is 0 Å². The first-order valence-corrected chi connectivity index (χ1v) is 9.10. The molecule has 138 valence electrons. The van der Waals surface area contributed by atoms with E-state index in [2.05, 4.69) is 19.2 Å². The third-order valence-electron chi connectivity index (χ3n) is 4.58. The molecular formula is C23H24N2O2. The normalized spacial score (nSPS) is 10.8. The molecule has 0 saturated carbocycles. The standard InChI is InChI=1S/C23H24N2O2/c1-16(2)19-10-12-20(13-11-19)24-23(27)22(26)21-5-4-14-25(21)15-18-8-6-17(3)7-9-18/h4-14,16H,15H2,1-3H3,(H,24,27). The third kappa shape index (κ3) is 4.53. The Bertz CT molecular complexity index is 935. The second kappa shape index (κ2) is 8.04. The van der Waals surface area contributed by atoms with E-state index < -0.39 is 11.7 Å². The molecule has 4 nitrogen and oxygen atoms in total. The molecule has 0 aliphatic carbocycles.